The number of amides is 1. The first-order chi connectivity index (χ1) is 16.7. The molecule has 7 nitrogen and oxygen atoms in total. The molecule has 1 N–H and O–H groups in total. The Labute approximate surface area is 207 Å². The molecule has 2 heterocycles. The van der Waals surface area contributed by atoms with E-state index in [0.717, 1.165) is 24.9 Å². The third-order valence-corrected chi connectivity index (χ3v) is 6.26. The molecule has 186 valence electrons. The van der Waals surface area contributed by atoms with Crippen molar-refractivity contribution in [3.63, 3.8) is 0 Å². The minimum absolute atomic E-state index is 0.120. The highest BCUT2D eigenvalue weighted by Crippen LogP contribution is 2.22. The van der Waals surface area contributed by atoms with Crippen molar-refractivity contribution in [1.82, 2.24) is 19.8 Å². The maximum Gasteiger partial charge on any atom is 0.408 e. The zero-order valence-electron chi connectivity index (χ0n) is 21.2. The molecule has 4 rings (SSSR count). The fourth-order valence-electron chi connectivity index (χ4n) is 4.69. The molecule has 0 spiro atoms. The van der Waals surface area contributed by atoms with Crippen molar-refractivity contribution < 1.29 is 9.53 Å². The highest BCUT2D eigenvalue weighted by Gasteiger charge is 2.23. The number of aryl methyl sites for hydroxylation is 1. The number of nitrogens with zero attached hydrogens (tertiary/aromatic N) is 3. The van der Waals surface area contributed by atoms with Gasteiger partial charge in [-0.1, -0.05) is 30.3 Å². The van der Waals surface area contributed by atoms with Gasteiger partial charge in [0.05, 0.1) is 22.6 Å². The standard InChI is InChI=1S/C28H36N4O3/c1-20(29-27(34)35-28(2,3)4)25-30-23-16-10-12-21(13-11-19-31-17-8-9-18-31)24(23)26(33)32(25)22-14-6-5-7-15-22/h5-7,10,12,14-16,20H,8-9,11,13,17-19H2,1-4H3,(H,29,34)/t20-/m0/s1. The summed E-state index contributed by atoms with van der Waals surface area (Å²) >= 11 is 0. The van der Waals surface area contributed by atoms with E-state index < -0.39 is 17.7 Å². The average Bonchev–Trinajstić information content (AvgIpc) is 3.31. The molecule has 0 bridgehead atoms. The normalized spacial score (nSPS) is 15.3. The molecule has 1 atom stereocenters. The number of likely N-dealkylation sites (tertiary alicyclic amines) is 1. The number of ether oxygens (including phenoxy) is 1. The molecular formula is C28H36N4O3. The largest absolute Gasteiger partial charge is 0.444 e. The molecule has 0 unspecified atom stereocenters. The minimum atomic E-state index is -0.621. The van der Waals surface area contributed by atoms with Crippen LogP contribution in [0.3, 0.4) is 0 Å². The van der Waals surface area contributed by atoms with Crippen LogP contribution in [0.25, 0.3) is 16.6 Å². The molecule has 1 amide bonds. The lowest BCUT2D eigenvalue weighted by molar-refractivity contribution is 0.0505. The lowest BCUT2D eigenvalue weighted by Crippen LogP contribution is -2.37. The molecule has 1 aliphatic heterocycles. The van der Waals surface area contributed by atoms with Gasteiger partial charge in [0.15, 0.2) is 0 Å². The molecule has 0 aliphatic carbocycles. The van der Waals surface area contributed by atoms with Crippen molar-refractivity contribution in [2.45, 2.75) is 65.0 Å². The number of hydrogen-bond acceptors (Lipinski definition) is 5. The first-order valence-electron chi connectivity index (χ1n) is 12.5. The van der Waals surface area contributed by atoms with Gasteiger partial charge in [-0.2, -0.15) is 0 Å². The fraction of sp³-hybridized carbons (Fsp3) is 0.464. The van der Waals surface area contributed by atoms with Crippen LogP contribution in [0.1, 0.15) is 64.4 Å². The highest BCUT2D eigenvalue weighted by atomic mass is 16.6. The second-order valence-corrected chi connectivity index (χ2v) is 10.3. The molecule has 35 heavy (non-hydrogen) atoms. The number of nitrogens with one attached hydrogen (secondary N) is 1. The second kappa shape index (κ2) is 10.6. The Balaban J connectivity index is 1.72. The first kappa shape index (κ1) is 24.9. The van der Waals surface area contributed by atoms with Crippen LogP contribution in [-0.4, -0.2) is 45.8 Å². The van der Waals surface area contributed by atoms with Crippen LogP contribution in [0.2, 0.25) is 0 Å². The molecule has 3 aromatic rings. The number of rotatable bonds is 7. The summed E-state index contributed by atoms with van der Waals surface area (Å²) in [5, 5.41) is 3.49. The summed E-state index contributed by atoms with van der Waals surface area (Å²) in [6.07, 6.45) is 3.83. The van der Waals surface area contributed by atoms with E-state index in [1.54, 1.807) is 4.57 Å². The monoisotopic (exact) mass is 476 g/mol. The van der Waals surface area contributed by atoms with Crippen LogP contribution in [0.5, 0.6) is 0 Å². The number of carbonyl (C=O) groups is 1. The van der Waals surface area contributed by atoms with E-state index in [1.165, 1.54) is 25.9 Å². The van der Waals surface area contributed by atoms with Gasteiger partial charge in [-0.05, 0) is 96.8 Å². The molecule has 2 aromatic carbocycles. The van der Waals surface area contributed by atoms with Crippen molar-refractivity contribution in [2.24, 2.45) is 0 Å². The first-order valence-corrected chi connectivity index (χ1v) is 12.5. The van der Waals surface area contributed by atoms with Gasteiger partial charge in [-0.3, -0.25) is 9.36 Å². The van der Waals surface area contributed by atoms with Gasteiger partial charge in [-0.15, -0.1) is 0 Å². The Morgan fingerprint density at radius 3 is 2.49 bits per heavy atom. The highest BCUT2D eigenvalue weighted by molar-refractivity contribution is 5.82. The van der Waals surface area contributed by atoms with E-state index in [-0.39, 0.29) is 5.56 Å². The maximum absolute atomic E-state index is 14.0. The maximum atomic E-state index is 14.0. The number of alkyl carbamates (subject to hydrolysis) is 1. The summed E-state index contributed by atoms with van der Waals surface area (Å²) in [5.74, 6) is 0.466. The zero-order valence-corrected chi connectivity index (χ0v) is 21.2. The topological polar surface area (TPSA) is 76.5 Å². The lowest BCUT2D eigenvalue weighted by Gasteiger charge is -2.23. The van der Waals surface area contributed by atoms with Crippen LogP contribution < -0.4 is 10.9 Å². The van der Waals surface area contributed by atoms with Crippen molar-refractivity contribution in [2.75, 3.05) is 19.6 Å². The molecule has 1 aromatic heterocycles. The van der Waals surface area contributed by atoms with Crippen LogP contribution in [0.15, 0.2) is 53.3 Å². The molecular weight excluding hydrogens is 440 g/mol. The van der Waals surface area contributed by atoms with E-state index in [0.29, 0.717) is 22.4 Å². The second-order valence-electron chi connectivity index (χ2n) is 10.3. The average molecular weight is 477 g/mol. The van der Waals surface area contributed by atoms with Gasteiger partial charge >= 0.3 is 6.09 Å². The number of benzene rings is 2. The molecule has 1 saturated heterocycles. The van der Waals surface area contributed by atoms with Gasteiger partial charge in [0, 0.05) is 0 Å². The third-order valence-electron chi connectivity index (χ3n) is 6.26. The van der Waals surface area contributed by atoms with Crippen LogP contribution in [0, 0.1) is 0 Å². The third kappa shape index (κ3) is 6.09. The number of para-hydroxylation sites is 1. The molecule has 7 heteroatoms. The summed E-state index contributed by atoms with van der Waals surface area (Å²) < 4.78 is 7.05. The Hall–Kier alpha value is -3.19. The van der Waals surface area contributed by atoms with E-state index in [4.69, 9.17) is 9.72 Å². The zero-order chi connectivity index (χ0) is 25.0. The molecule has 1 aliphatic rings. The smallest absolute Gasteiger partial charge is 0.408 e. The summed E-state index contributed by atoms with van der Waals surface area (Å²) in [6, 6.07) is 14.8. The van der Waals surface area contributed by atoms with Gasteiger partial charge < -0.3 is 15.0 Å². The molecule has 1 fully saturated rings. The molecule has 0 radical (unpaired) electrons. The lowest BCUT2D eigenvalue weighted by atomic mass is 10.0. The predicted octanol–water partition coefficient (Wildman–Crippen LogP) is 5.00. The van der Waals surface area contributed by atoms with Crippen molar-refractivity contribution >= 4 is 17.0 Å². The predicted molar refractivity (Wildman–Crippen MR) is 139 cm³/mol. The van der Waals surface area contributed by atoms with E-state index in [9.17, 15) is 9.59 Å². The van der Waals surface area contributed by atoms with Crippen molar-refractivity contribution in [3.8, 4) is 5.69 Å². The van der Waals surface area contributed by atoms with Crippen molar-refractivity contribution in [3.05, 3.63) is 70.3 Å². The SMILES string of the molecule is C[C@H](NC(=O)OC(C)(C)C)c1nc2cccc(CCCN3CCCC3)c2c(=O)n1-c1ccccc1. The Morgan fingerprint density at radius 1 is 1.09 bits per heavy atom. The fourth-order valence-corrected chi connectivity index (χ4v) is 4.69. The van der Waals surface area contributed by atoms with Crippen LogP contribution in [-0.2, 0) is 11.2 Å². The van der Waals surface area contributed by atoms with E-state index in [2.05, 4.69) is 10.2 Å². The van der Waals surface area contributed by atoms with Crippen molar-refractivity contribution in [1.29, 1.82) is 0 Å². The number of hydrogen-bond donors (Lipinski definition) is 1. The Morgan fingerprint density at radius 2 is 1.80 bits per heavy atom. The van der Waals surface area contributed by atoms with Crippen LogP contribution in [0.4, 0.5) is 4.79 Å². The van der Waals surface area contributed by atoms with Crippen LogP contribution >= 0.6 is 0 Å². The Kier molecular flexibility index (Phi) is 7.55. The van der Waals surface area contributed by atoms with Gasteiger partial charge in [-0.25, -0.2) is 9.78 Å². The summed E-state index contributed by atoms with van der Waals surface area (Å²) in [4.78, 5) is 33.8. The summed E-state index contributed by atoms with van der Waals surface area (Å²) in [7, 11) is 0. The quantitative estimate of drug-likeness (QED) is 0.519. The van der Waals surface area contributed by atoms with E-state index >= 15 is 0 Å². The summed E-state index contributed by atoms with van der Waals surface area (Å²) in [5.41, 5.74) is 1.64. The molecule has 0 saturated carbocycles. The summed E-state index contributed by atoms with van der Waals surface area (Å²) in [6.45, 7) is 10.7. The number of fused-ring (bicyclic) bond motifs is 1. The minimum Gasteiger partial charge on any atom is -0.444 e. The van der Waals surface area contributed by atoms with Gasteiger partial charge in [0.1, 0.15) is 11.4 Å². The van der Waals surface area contributed by atoms with E-state index in [1.807, 2.05) is 76.2 Å². The number of carbonyl (C=O) groups excluding carboxylic acids is 1. The van der Waals surface area contributed by atoms with Gasteiger partial charge in [0.25, 0.3) is 5.56 Å². The van der Waals surface area contributed by atoms with Gasteiger partial charge in [0.2, 0.25) is 0 Å². The number of aromatic nitrogens is 2. The Bertz CT molecular complexity index is 1220.